The van der Waals surface area contributed by atoms with Crippen LogP contribution in [0.2, 0.25) is 0 Å². The fourth-order valence-corrected chi connectivity index (χ4v) is 3.71. The van der Waals surface area contributed by atoms with Crippen LogP contribution in [0.3, 0.4) is 0 Å². The van der Waals surface area contributed by atoms with E-state index in [2.05, 4.69) is 17.2 Å². The van der Waals surface area contributed by atoms with E-state index in [1.165, 1.54) is 11.3 Å². The van der Waals surface area contributed by atoms with Gasteiger partial charge in [-0.15, -0.1) is 11.3 Å². The van der Waals surface area contributed by atoms with Crippen molar-refractivity contribution in [1.29, 1.82) is 0 Å². The maximum atomic E-state index is 12.5. The average molecular weight is 337 g/mol. The van der Waals surface area contributed by atoms with Crippen LogP contribution < -0.4 is 5.32 Å². The van der Waals surface area contributed by atoms with Gasteiger partial charge >= 0.3 is 0 Å². The van der Waals surface area contributed by atoms with Crippen molar-refractivity contribution in [3.05, 3.63) is 11.6 Å². The van der Waals surface area contributed by atoms with E-state index in [-0.39, 0.29) is 17.2 Å². The fraction of sp³-hybridized carbons (Fsp3) is 0.706. The number of hydrogen-bond acceptors (Lipinski definition) is 4. The van der Waals surface area contributed by atoms with Gasteiger partial charge in [-0.1, -0.05) is 34.1 Å². The van der Waals surface area contributed by atoms with Crippen LogP contribution in [0.15, 0.2) is 11.6 Å². The van der Waals surface area contributed by atoms with E-state index in [9.17, 15) is 9.59 Å². The summed E-state index contributed by atoms with van der Waals surface area (Å²) < 4.78 is 0. The topological polar surface area (TPSA) is 62.3 Å². The molecule has 1 saturated heterocycles. The first kappa shape index (κ1) is 17.9. The van der Waals surface area contributed by atoms with Crippen molar-refractivity contribution in [3.8, 4) is 0 Å². The molecule has 1 aliphatic rings. The van der Waals surface area contributed by atoms with E-state index in [1.54, 1.807) is 6.20 Å². The van der Waals surface area contributed by atoms with Gasteiger partial charge in [-0.25, -0.2) is 4.98 Å². The molecule has 6 heteroatoms. The number of carbonyl (C=O) groups is 2. The number of hydrogen-bond donors (Lipinski definition) is 1. The average Bonchev–Trinajstić information content (AvgIpc) is 2.98. The second-order valence-corrected chi connectivity index (χ2v) is 8.20. The molecule has 1 aromatic heterocycles. The van der Waals surface area contributed by atoms with Crippen molar-refractivity contribution < 1.29 is 9.59 Å². The summed E-state index contributed by atoms with van der Waals surface area (Å²) in [6.07, 6.45) is 4.08. The third-order valence-electron chi connectivity index (χ3n) is 4.47. The molecule has 0 bridgehead atoms. The second kappa shape index (κ2) is 7.43. The molecule has 2 heterocycles. The van der Waals surface area contributed by atoms with E-state index in [1.807, 2.05) is 31.1 Å². The lowest BCUT2D eigenvalue weighted by atomic mass is 9.80. The number of piperidine rings is 1. The summed E-state index contributed by atoms with van der Waals surface area (Å²) in [5, 5.41) is 5.36. The number of aromatic nitrogens is 1. The van der Waals surface area contributed by atoms with Gasteiger partial charge in [0.15, 0.2) is 5.13 Å². The number of thiazole rings is 1. The Balaban J connectivity index is 1.92. The smallest absolute Gasteiger partial charge is 0.227 e. The highest BCUT2D eigenvalue weighted by Gasteiger charge is 2.35. The summed E-state index contributed by atoms with van der Waals surface area (Å²) in [7, 11) is 0. The lowest BCUT2D eigenvalue weighted by molar-refractivity contribution is -0.142. The molecule has 0 saturated carbocycles. The molecular weight excluding hydrogens is 310 g/mol. The Kier molecular flexibility index (Phi) is 5.79. The molecule has 2 amide bonds. The monoisotopic (exact) mass is 337 g/mol. The van der Waals surface area contributed by atoms with Crippen molar-refractivity contribution >= 4 is 28.3 Å². The summed E-state index contributed by atoms with van der Waals surface area (Å²) in [5.41, 5.74) is -0.340. The van der Waals surface area contributed by atoms with Gasteiger partial charge in [0, 0.05) is 36.5 Å². The Hall–Kier alpha value is -1.43. The van der Waals surface area contributed by atoms with E-state index >= 15 is 0 Å². The number of carbonyl (C=O) groups excluding carboxylic acids is 2. The van der Waals surface area contributed by atoms with Crippen molar-refractivity contribution in [2.45, 2.75) is 47.0 Å². The van der Waals surface area contributed by atoms with Crippen LogP contribution in [-0.4, -0.2) is 34.8 Å². The minimum absolute atomic E-state index is 0.0268. The summed E-state index contributed by atoms with van der Waals surface area (Å²) in [4.78, 5) is 30.7. The number of nitrogens with zero attached hydrogens (tertiary/aromatic N) is 2. The summed E-state index contributed by atoms with van der Waals surface area (Å²) >= 11 is 1.43. The van der Waals surface area contributed by atoms with Gasteiger partial charge in [0.2, 0.25) is 11.8 Å². The van der Waals surface area contributed by atoms with Crippen molar-refractivity contribution in [2.75, 3.05) is 18.4 Å². The molecule has 2 rings (SSSR count). The largest absolute Gasteiger partial charge is 0.342 e. The molecule has 0 aliphatic carbocycles. The molecule has 23 heavy (non-hydrogen) atoms. The molecule has 1 N–H and O–H groups in total. The predicted molar refractivity (Wildman–Crippen MR) is 93.3 cm³/mol. The minimum Gasteiger partial charge on any atom is -0.342 e. The van der Waals surface area contributed by atoms with Crippen LogP contribution in [0.5, 0.6) is 0 Å². The third kappa shape index (κ3) is 4.77. The summed E-state index contributed by atoms with van der Waals surface area (Å²) in [6.45, 7) is 9.54. The number of anilines is 1. The number of likely N-dealkylation sites (tertiary alicyclic amines) is 1. The van der Waals surface area contributed by atoms with E-state index < -0.39 is 0 Å². The van der Waals surface area contributed by atoms with Gasteiger partial charge < -0.3 is 10.2 Å². The highest BCUT2D eigenvalue weighted by Crippen LogP contribution is 2.31. The first-order valence-corrected chi connectivity index (χ1v) is 9.18. The molecule has 5 nitrogen and oxygen atoms in total. The zero-order valence-corrected chi connectivity index (χ0v) is 15.3. The van der Waals surface area contributed by atoms with Crippen LogP contribution in [-0.2, 0) is 9.59 Å². The van der Waals surface area contributed by atoms with Gasteiger partial charge in [-0.3, -0.25) is 9.59 Å². The molecule has 0 radical (unpaired) electrons. The van der Waals surface area contributed by atoms with E-state index in [4.69, 9.17) is 0 Å². The van der Waals surface area contributed by atoms with Crippen LogP contribution in [0.4, 0.5) is 5.13 Å². The van der Waals surface area contributed by atoms with Crippen LogP contribution in [0, 0.1) is 17.3 Å². The summed E-state index contributed by atoms with van der Waals surface area (Å²) in [6, 6.07) is 0. The maximum Gasteiger partial charge on any atom is 0.227 e. The number of nitrogens with one attached hydrogen (secondary N) is 1. The fourth-order valence-electron chi connectivity index (χ4n) is 3.16. The van der Waals surface area contributed by atoms with Gasteiger partial charge in [-0.05, 0) is 18.3 Å². The second-order valence-electron chi connectivity index (χ2n) is 7.31. The van der Waals surface area contributed by atoms with Crippen LogP contribution in [0.1, 0.15) is 47.0 Å². The molecule has 2 atom stereocenters. The third-order valence-corrected chi connectivity index (χ3v) is 5.16. The van der Waals surface area contributed by atoms with Gasteiger partial charge in [0.1, 0.15) is 0 Å². The molecule has 0 spiro atoms. The first-order valence-electron chi connectivity index (χ1n) is 8.30. The quantitative estimate of drug-likeness (QED) is 0.916. The number of rotatable bonds is 4. The van der Waals surface area contributed by atoms with Crippen LogP contribution >= 0.6 is 11.3 Å². The molecule has 1 fully saturated rings. The molecule has 1 aliphatic heterocycles. The Bertz CT molecular complexity index is 537. The standard InChI is InChI=1S/C17H27N3O2S/c1-5-12-11-20(15(22)17(2,3)4)8-6-13(12)10-14(21)19-16-18-7-9-23-16/h7,9,12-13H,5-6,8,10-11H2,1-4H3,(H,18,19,21)/t12-,13-/m0/s1. The highest BCUT2D eigenvalue weighted by atomic mass is 32.1. The summed E-state index contributed by atoms with van der Waals surface area (Å²) in [5.74, 6) is 0.960. The normalized spacial score (nSPS) is 22.0. The number of amides is 2. The molecule has 1 aromatic rings. The Morgan fingerprint density at radius 1 is 1.39 bits per heavy atom. The Morgan fingerprint density at radius 2 is 2.13 bits per heavy atom. The van der Waals surface area contributed by atoms with Crippen molar-refractivity contribution in [2.24, 2.45) is 17.3 Å². The highest BCUT2D eigenvalue weighted by molar-refractivity contribution is 7.13. The molecule has 128 valence electrons. The lowest BCUT2D eigenvalue weighted by Crippen LogP contribution is -2.48. The zero-order valence-electron chi connectivity index (χ0n) is 14.5. The molecular formula is C17H27N3O2S. The van der Waals surface area contributed by atoms with E-state index in [0.717, 1.165) is 25.9 Å². The Labute approximate surface area is 142 Å². The van der Waals surface area contributed by atoms with Gasteiger partial charge in [0.25, 0.3) is 0 Å². The van der Waals surface area contributed by atoms with Crippen LogP contribution in [0.25, 0.3) is 0 Å². The van der Waals surface area contributed by atoms with Gasteiger partial charge in [0.05, 0.1) is 0 Å². The van der Waals surface area contributed by atoms with Gasteiger partial charge in [-0.2, -0.15) is 0 Å². The SMILES string of the molecule is CC[C@H]1CN(C(=O)C(C)(C)C)CC[C@H]1CC(=O)Nc1nccs1. The Morgan fingerprint density at radius 3 is 2.70 bits per heavy atom. The van der Waals surface area contributed by atoms with Crippen molar-refractivity contribution in [3.63, 3.8) is 0 Å². The molecule has 0 unspecified atom stereocenters. The van der Waals surface area contributed by atoms with Crippen molar-refractivity contribution in [1.82, 2.24) is 9.88 Å². The zero-order chi connectivity index (χ0) is 17.0. The predicted octanol–water partition coefficient (Wildman–Crippen LogP) is 3.39. The first-order chi connectivity index (χ1) is 10.8. The maximum absolute atomic E-state index is 12.5. The lowest BCUT2D eigenvalue weighted by Gasteiger charge is -2.40. The minimum atomic E-state index is -0.340. The molecule has 0 aromatic carbocycles. The van der Waals surface area contributed by atoms with E-state index in [0.29, 0.717) is 23.4 Å².